The zero-order valence-corrected chi connectivity index (χ0v) is 16.9. The number of carbonyl (C=O) groups excluding carboxylic acids is 2. The van der Waals surface area contributed by atoms with Crippen LogP contribution in [-0.4, -0.2) is 68.8 Å². The number of hydrogen-bond acceptors (Lipinski definition) is 5. The van der Waals surface area contributed by atoms with E-state index in [-0.39, 0.29) is 55.2 Å². The first-order valence-corrected chi connectivity index (χ1v) is 10.1. The van der Waals surface area contributed by atoms with Crippen LogP contribution in [0.15, 0.2) is 18.2 Å². The number of rotatable bonds is 10. The third-order valence-corrected chi connectivity index (χ3v) is 5.25. The van der Waals surface area contributed by atoms with Crippen molar-refractivity contribution in [3.63, 3.8) is 0 Å². The highest BCUT2D eigenvalue weighted by molar-refractivity contribution is 5.98. The number of carbonyl (C=O) groups is 2. The van der Waals surface area contributed by atoms with Crippen LogP contribution in [0.5, 0.6) is 5.75 Å². The van der Waals surface area contributed by atoms with E-state index in [2.05, 4.69) is 10.1 Å². The quantitative estimate of drug-likeness (QED) is 0.622. The number of nitrogens with one attached hydrogen (secondary N) is 2. The largest absolute Gasteiger partial charge is 0.676 e. The lowest BCUT2D eigenvalue weighted by molar-refractivity contribution is -0.126. The third kappa shape index (κ3) is 5.65. The lowest BCUT2D eigenvalue weighted by Gasteiger charge is -2.31. The fraction of sp³-hybridized carbons (Fsp3) is 0.600. The summed E-state index contributed by atoms with van der Waals surface area (Å²) in [5.74, 6) is -0.357. The van der Waals surface area contributed by atoms with Crippen LogP contribution in [0, 0.1) is 5.92 Å². The van der Waals surface area contributed by atoms with Crippen LogP contribution in [0.2, 0.25) is 0 Å². The van der Waals surface area contributed by atoms with Crippen LogP contribution < -0.4 is 15.0 Å². The molecule has 1 aliphatic carbocycles. The van der Waals surface area contributed by atoms with Crippen LogP contribution in [0.25, 0.3) is 5.73 Å². The van der Waals surface area contributed by atoms with Crippen molar-refractivity contribution in [2.24, 2.45) is 5.92 Å². The van der Waals surface area contributed by atoms with Crippen molar-refractivity contribution in [1.82, 2.24) is 4.90 Å². The van der Waals surface area contributed by atoms with Crippen LogP contribution in [0.3, 0.4) is 0 Å². The predicted molar refractivity (Wildman–Crippen MR) is 108 cm³/mol. The highest BCUT2D eigenvalue weighted by Crippen LogP contribution is 2.34. The number of benzene rings is 1. The van der Waals surface area contributed by atoms with E-state index in [1.165, 1.54) is 23.1 Å². The van der Waals surface area contributed by atoms with Crippen molar-refractivity contribution in [2.75, 3.05) is 49.6 Å². The highest BCUT2D eigenvalue weighted by Gasteiger charge is 2.29. The van der Waals surface area contributed by atoms with E-state index >= 15 is 0 Å². The maximum absolute atomic E-state index is 13.0. The zero-order valence-electron chi connectivity index (χ0n) is 16.9. The lowest BCUT2D eigenvalue weighted by atomic mass is 10.1. The molecule has 1 aromatic carbocycles. The van der Waals surface area contributed by atoms with Gasteiger partial charge in [0.25, 0.3) is 5.91 Å². The fourth-order valence-corrected chi connectivity index (χ4v) is 3.50. The Morgan fingerprint density at radius 1 is 1.43 bits per heavy atom. The number of likely N-dealkylation sites (N-methyl/N-ethyl adjacent to an activating group) is 1. The van der Waals surface area contributed by atoms with E-state index in [0.29, 0.717) is 12.5 Å². The van der Waals surface area contributed by atoms with E-state index in [1.807, 2.05) is 11.8 Å². The van der Waals surface area contributed by atoms with Gasteiger partial charge in [0.05, 0.1) is 18.3 Å². The first-order valence-electron chi connectivity index (χ1n) is 10.1. The van der Waals surface area contributed by atoms with Crippen molar-refractivity contribution in [3.8, 4) is 5.75 Å². The molecule has 2 aliphatic rings. The van der Waals surface area contributed by atoms with Gasteiger partial charge in [-0.1, -0.05) is 6.92 Å². The molecule has 0 bridgehead atoms. The third-order valence-electron chi connectivity index (χ3n) is 5.25. The minimum atomic E-state index is -3.08. The summed E-state index contributed by atoms with van der Waals surface area (Å²) in [7, 11) is 0. The SMILES string of the molecule is CCN(CC1CC1)[C@@H](C[NH-])C(=O)Nc1ccc(N2CCOCC2=O)c(OC(F)F)c1. The van der Waals surface area contributed by atoms with Gasteiger partial charge >= 0.3 is 6.61 Å². The molecule has 166 valence electrons. The highest BCUT2D eigenvalue weighted by atomic mass is 19.3. The first-order chi connectivity index (χ1) is 14.4. The van der Waals surface area contributed by atoms with Gasteiger partial charge in [-0.2, -0.15) is 8.78 Å². The smallest absolute Gasteiger partial charge is 0.387 e. The molecule has 2 fully saturated rings. The molecule has 8 nitrogen and oxygen atoms in total. The molecule has 1 aromatic rings. The summed E-state index contributed by atoms with van der Waals surface area (Å²) in [5, 5.41) is 2.70. The van der Waals surface area contributed by atoms with E-state index < -0.39 is 12.7 Å². The number of amides is 2. The topological polar surface area (TPSA) is 94.9 Å². The molecule has 1 saturated carbocycles. The van der Waals surface area contributed by atoms with Crippen LogP contribution >= 0.6 is 0 Å². The van der Waals surface area contributed by atoms with Crippen LogP contribution in [0.1, 0.15) is 19.8 Å². The zero-order chi connectivity index (χ0) is 21.7. The van der Waals surface area contributed by atoms with Crippen molar-refractivity contribution in [1.29, 1.82) is 0 Å². The summed E-state index contributed by atoms with van der Waals surface area (Å²) in [6, 6.07) is 3.65. The Morgan fingerprint density at radius 3 is 2.80 bits per heavy atom. The lowest BCUT2D eigenvalue weighted by Crippen LogP contribution is -2.46. The number of hydrogen-bond donors (Lipinski definition) is 1. The maximum Gasteiger partial charge on any atom is 0.387 e. The Balaban J connectivity index is 1.77. The van der Waals surface area contributed by atoms with E-state index in [4.69, 9.17) is 10.5 Å². The van der Waals surface area contributed by atoms with Gasteiger partial charge in [-0.25, -0.2) is 0 Å². The van der Waals surface area contributed by atoms with Gasteiger partial charge in [0.1, 0.15) is 6.61 Å². The molecule has 0 spiro atoms. The van der Waals surface area contributed by atoms with E-state index in [1.54, 1.807) is 0 Å². The molecule has 3 rings (SSSR count). The monoisotopic (exact) mass is 425 g/mol. The first kappa shape index (κ1) is 22.4. The summed E-state index contributed by atoms with van der Waals surface area (Å²) in [5.41, 5.74) is 8.26. The number of halogens is 2. The molecule has 1 heterocycles. The van der Waals surface area contributed by atoms with Crippen molar-refractivity contribution in [3.05, 3.63) is 23.9 Å². The molecular weight excluding hydrogens is 398 g/mol. The second kappa shape index (κ2) is 10.1. The fourth-order valence-electron chi connectivity index (χ4n) is 3.50. The minimum Gasteiger partial charge on any atom is -0.676 e. The molecule has 1 aliphatic heterocycles. The van der Waals surface area contributed by atoms with Crippen molar-refractivity contribution < 1.29 is 27.8 Å². The summed E-state index contributed by atoms with van der Waals surface area (Å²) in [6.07, 6.45) is 2.28. The number of ether oxygens (including phenoxy) is 2. The number of nitrogens with zero attached hydrogens (tertiary/aromatic N) is 2. The molecule has 2 amide bonds. The van der Waals surface area contributed by atoms with Gasteiger partial charge in [-0.05, 0) is 37.4 Å². The Hall–Kier alpha value is -2.30. The summed E-state index contributed by atoms with van der Waals surface area (Å²) >= 11 is 0. The Labute approximate surface area is 174 Å². The molecule has 1 saturated heterocycles. The van der Waals surface area contributed by atoms with Gasteiger partial charge in [-0.3, -0.25) is 14.5 Å². The van der Waals surface area contributed by atoms with Crippen molar-refractivity contribution >= 4 is 23.2 Å². The Bertz CT molecular complexity index is 760. The van der Waals surface area contributed by atoms with Crippen LogP contribution in [0.4, 0.5) is 20.2 Å². The molecule has 30 heavy (non-hydrogen) atoms. The van der Waals surface area contributed by atoms with Crippen LogP contribution in [-0.2, 0) is 14.3 Å². The molecule has 0 aromatic heterocycles. The average Bonchev–Trinajstić information content (AvgIpc) is 3.52. The second-order valence-corrected chi connectivity index (χ2v) is 7.40. The van der Waals surface area contributed by atoms with Gasteiger partial charge < -0.3 is 25.4 Å². The van der Waals surface area contributed by atoms with E-state index in [9.17, 15) is 18.4 Å². The summed E-state index contributed by atoms with van der Waals surface area (Å²) in [6.45, 7) is 0.548. The molecule has 0 radical (unpaired) electrons. The maximum atomic E-state index is 13.0. The normalized spacial score (nSPS) is 18.1. The summed E-state index contributed by atoms with van der Waals surface area (Å²) in [4.78, 5) is 28.2. The predicted octanol–water partition coefficient (Wildman–Crippen LogP) is 2.74. The minimum absolute atomic E-state index is 0.104. The van der Waals surface area contributed by atoms with E-state index in [0.717, 1.165) is 19.4 Å². The second-order valence-electron chi connectivity index (χ2n) is 7.40. The number of anilines is 2. The summed E-state index contributed by atoms with van der Waals surface area (Å²) < 4.78 is 35.6. The molecule has 2 N–H and O–H groups in total. The standard InChI is InChI=1S/C20H27F2N4O4/c1-2-25(11-13-3-4-13)16(10-23)19(28)24-14-5-6-15(17(9-14)30-20(21)22)26-7-8-29-12-18(26)27/h5-6,9,13,16,20,23H,2-4,7-8,10-12H2,1H3,(H,24,28)/q-1/t16-/m0/s1. The van der Waals surface area contributed by atoms with Gasteiger partial charge in [0, 0.05) is 24.8 Å². The average molecular weight is 425 g/mol. The Morgan fingerprint density at radius 2 is 2.20 bits per heavy atom. The molecule has 1 atom stereocenters. The van der Waals surface area contributed by atoms with Gasteiger partial charge in [0.2, 0.25) is 5.91 Å². The van der Waals surface area contributed by atoms with Crippen molar-refractivity contribution in [2.45, 2.75) is 32.4 Å². The number of morpholine rings is 1. The van der Waals surface area contributed by atoms with Gasteiger partial charge in [-0.15, -0.1) is 6.54 Å². The molecule has 10 heteroatoms. The molecule has 0 unspecified atom stereocenters. The number of alkyl halides is 2. The van der Waals surface area contributed by atoms with Gasteiger partial charge in [0.15, 0.2) is 5.75 Å². The Kier molecular flexibility index (Phi) is 7.57. The molecular formula is C20H27F2N4O4-.